The van der Waals surface area contributed by atoms with Gasteiger partial charge in [0.15, 0.2) is 11.9 Å². The summed E-state index contributed by atoms with van der Waals surface area (Å²) in [6.07, 6.45) is 3.25. The highest BCUT2D eigenvalue weighted by Gasteiger charge is 2.02. The van der Waals surface area contributed by atoms with Gasteiger partial charge < -0.3 is 10.3 Å². The second kappa shape index (κ2) is 4.00. The van der Waals surface area contributed by atoms with E-state index in [1.54, 1.807) is 6.07 Å². The number of aromatic hydroxyl groups is 1. The Kier molecular flexibility index (Phi) is 2.54. The van der Waals surface area contributed by atoms with E-state index in [1.165, 1.54) is 6.20 Å². The zero-order chi connectivity index (χ0) is 10.7. The molecule has 3 nitrogen and oxygen atoms in total. The lowest BCUT2D eigenvalue weighted by Gasteiger charge is -2.02. The Labute approximate surface area is 87.8 Å². The molecule has 0 radical (unpaired) electrons. The van der Waals surface area contributed by atoms with E-state index in [9.17, 15) is 10.3 Å². The molecule has 1 aromatic heterocycles. The number of nitrogens with zero attached hydrogens (tertiary/aromatic N) is 1. The lowest BCUT2D eigenvalue weighted by atomic mass is 10.1. The van der Waals surface area contributed by atoms with Gasteiger partial charge in [-0.05, 0) is 11.6 Å². The first-order valence-electron chi connectivity index (χ1n) is 4.70. The van der Waals surface area contributed by atoms with Crippen LogP contribution in [0.2, 0.25) is 0 Å². The maximum atomic E-state index is 11.1. The molecule has 0 bridgehead atoms. The molecule has 3 heteroatoms. The fourth-order valence-electron chi connectivity index (χ4n) is 1.52. The lowest BCUT2D eigenvalue weighted by molar-refractivity contribution is -0.606. The summed E-state index contributed by atoms with van der Waals surface area (Å²) in [5.74, 6) is -0.00145. The van der Waals surface area contributed by atoms with Gasteiger partial charge in [-0.2, -0.15) is 4.73 Å². The molecule has 1 heterocycles. The van der Waals surface area contributed by atoms with Gasteiger partial charge in [-0.25, -0.2) is 0 Å². The first-order chi connectivity index (χ1) is 7.24. The van der Waals surface area contributed by atoms with Gasteiger partial charge >= 0.3 is 0 Å². The minimum atomic E-state index is -0.00145. The average Bonchev–Trinajstić information content (AvgIpc) is 2.17. The molecule has 1 aromatic carbocycles. The molecule has 0 fully saturated rings. The van der Waals surface area contributed by atoms with E-state index < -0.39 is 0 Å². The molecule has 0 aliphatic carbocycles. The highest BCUT2D eigenvalue weighted by Crippen LogP contribution is 2.12. The molecule has 76 valence electrons. The highest BCUT2D eigenvalue weighted by molar-refractivity contribution is 5.26. The van der Waals surface area contributed by atoms with Crippen LogP contribution in [0.1, 0.15) is 11.1 Å². The third-order valence-electron chi connectivity index (χ3n) is 2.14. The standard InChI is InChI=1S/C12H11NO2/c14-12-7-11(8-13(15)9-12)6-10-4-2-1-3-5-10/h1-5,7-9,14H,6H2. The topological polar surface area (TPSA) is 47.2 Å². The summed E-state index contributed by atoms with van der Waals surface area (Å²) >= 11 is 0. The third-order valence-corrected chi connectivity index (χ3v) is 2.14. The van der Waals surface area contributed by atoms with Gasteiger partial charge in [0.1, 0.15) is 0 Å². The maximum absolute atomic E-state index is 11.1. The Morgan fingerprint density at radius 1 is 1.07 bits per heavy atom. The van der Waals surface area contributed by atoms with E-state index in [0.717, 1.165) is 17.3 Å². The fraction of sp³-hybridized carbons (Fsp3) is 0.0833. The lowest BCUT2D eigenvalue weighted by Crippen LogP contribution is -2.25. The molecule has 1 N–H and O–H groups in total. The van der Waals surface area contributed by atoms with Gasteiger partial charge in [0.05, 0.1) is 0 Å². The van der Waals surface area contributed by atoms with Crippen LogP contribution in [0, 0.1) is 5.21 Å². The summed E-state index contributed by atoms with van der Waals surface area (Å²) in [5, 5.41) is 20.3. The predicted octanol–water partition coefficient (Wildman–Crippen LogP) is 1.62. The van der Waals surface area contributed by atoms with Crippen molar-refractivity contribution in [3.8, 4) is 5.75 Å². The Hall–Kier alpha value is -2.03. The van der Waals surface area contributed by atoms with Gasteiger partial charge in [0.25, 0.3) is 0 Å². The third kappa shape index (κ3) is 2.47. The van der Waals surface area contributed by atoms with Crippen LogP contribution in [0.4, 0.5) is 0 Å². The Bertz CT molecular complexity index is 434. The van der Waals surface area contributed by atoms with E-state index in [4.69, 9.17) is 0 Å². The van der Waals surface area contributed by atoms with E-state index >= 15 is 0 Å². The van der Waals surface area contributed by atoms with Crippen LogP contribution < -0.4 is 4.73 Å². The van der Waals surface area contributed by atoms with E-state index in [2.05, 4.69) is 0 Å². The van der Waals surface area contributed by atoms with Crippen LogP contribution in [0.5, 0.6) is 5.75 Å². The summed E-state index contributed by atoms with van der Waals surface area (Å²) in [4.78, 5) is 0. The van der Waals surface area contributed by atoms with E-state index in [0.29, 0.717) is 11.2 Å². The largest absolute Gasteiger partial charge is 0.619 e. The average molecular weight is 201 g/mol. The molecule has 0 atom stereocenters. The van der Waals surface area contributed by atoms with Crippen molar-refractivity contribution in [2.45, 2.75) is 6.42 Å². The van der Waals surface area contributed by atoms with Crippen molar-refractivity contribution in [1.29, 1.82) is 0 Å². The second-order valence-corrected chi connectivity index (χ2v) is 3.42. The van der Waals surface area contributed by atoms with Crippen molar-refractivity contribution in [2.24, 2.45) is 0 Å². The summed E-state index contributed by atoms with van der Waals surface area (Å²) in [6, 6.07) is 11.4. The number of pyridine rings is 1. The van der Waals surface area contributed by atoms with Crippen molar-refractivity contribution >= 4 is 0 Å². The monoisotopic (exact) mass is 201 g/mol. The number of benzene rings is 1. The highest BCUT2D eigenvalue weighted by atomic mass is 16.5. The number of rotatable bonds is 2. The Morgan fingerprint density at radius 2 is 1.80 bits per heavy atom. The van der Waals surface area contributed by atoms with E-state index in [1.807, 2.05) is 30.3 Å². The Balaban J connectivity index is 2.25. The van der Waals surface area contributed by atoms with Gasteiger partial charge in [-0.1, -0.05) is 30.3 Å². The van der Waals surface area contributed by atoms with Crippen LogP contribution in [-0.2, 0) is 6.42 Å². The van der Waals surface area contributed by atoms with Crippen molar-refractivity contribution in [1.82, 2.24) is 0 Å². The second-order valence-electron chi connectivity index (χ2n) is 3.42. The first kappa shape index (κ1) is 9.52. The summed E-state index contributed by atoms with van der Waals surface area (Å²) in [7, 11) is 0. The molecule has 0 saturated heterocycles. The van der Waals surface area contributed by atoms with Crippen molar-refractivity contribution in [3.63, 3.8) is 0 Å². The first-order valence-corrected chi connectivity index (χ1v) is 4.70. The molecule has 2 rings (SSSR count). The van der Waals surface area contributed by atoms with Gasteiger partial charge in [-0.3, -0.25) is 0 Å². The van der Waals surface area contributed by atoms with Crippen LogP contribution in [0.15, 0.2) is 48.8 Å². The summed E-state index contributed by atoms with van der Waals surface area (Å²) in [6.45, 7) is 0. The van der Waals surface area contributed by atoms with Crippen molar-refractivity contribution in [3.05, 3.63) is 65.1 Å². The van der Waals surface area contributed by atoms with Crippen LogP contribution in [0.25, 0.3) is 0 Å². The summed E-state index contributed by atoms with van der Waals surface area (Å²) < 4.78 is 0.619. The van der Waals surface area contributed by atoms with Gasteiger partial charge in [0, 0.05) is 12.0 Å². The number of hydrogen-bond acceptors (Lipinski definition) is 2. The minimum Gasteiger partial charge on any atom is -0.619 e. The summed E-state index contributed by atoms with van der Waals surface area (Å²) in [5.41, 5.74) is 1.92. The molecule has 0 spiro atoms. The zero-order valence-corrected chi connectivity index (χ0v) is 8.13. The minimum absolute atomic E-state index is 0.00145. The van der Waals surface area contributed by atoms with E-state index in [-0.39, 0.29) is 5.75 Å². The normalized spacial score (nSPS) is 10.1. The molecule has 0 amide bonds. The molecule has 0 unspecified atom stereocenters. The van der Waals surface area contributed by atoms with Crippen LogP contribution in [-0.4, -0.2) is 5.11 Å². The smallest absolute Gasteiger partial charge is 0.222 e. The van der Waals surface area contributed by atoms with Crippen molar-refractivity contribution in [2.75, 3.05) is 0 Å². The number of hydrogen-bond donors (Lipinski definition) is 1. The Morgan fingerprint density at radius 3 is 2.47 bits per heavy atom. The van der Waals surface area contributed by atoms with Gasteiger partial charge in [-0.15, -0.1) is 0 Å². The number of aromatic nitrogens is 1. The quantitative estimate of drug-likeness (QED) is 0.592. The van der Waals surface area contributed by atoms with Crippen LogP contribution in [0.3, 0.4) is 0 Å². The van der Waals surface area contributed by atoms with Gasteiger partial charge in [0.2, 0.25) is 6.20 Å². The SMILES string of the molecule is [O-][n+]1cc(O)cc(Cc2ccccc2)c1. The predicted molar refractivity (Wildman–Crippen MR) is 56.3 cm³/mol. The zero-order valence-electron chi connectivity index (χ0n) is 8.13. The molecule has 15 heavy (non-hydrogen) atoms. The molecule has 0 saturated carbocycles. The molecule has 0 aliphatic rings. The maximum Gasteiger partial charge on any atom is 0.222 e. The van der Waals surface area contributed by atoms with Crippen LogP contribution >= 0.6 is 0 Å². The molecule has 0 aliphatic heterocycles. The molecular weight excluding hydrogens is 190 g/mol. The fourth-order valence-corrected chi connectivity index (χ4v) is 1.52. The van der Waals surface area contributed by atoms with Crippen molar-refractivity contribution < 1.29 is 9.84 Å². The molecule has 2 aromatic rings. The molecular formula is C12H11NO2.